The van der Waals surface area contributed by atoms with E-state index in [1.54, 1.807) is 12.4 Å². The van der Waals surface area contributed by atoms with E-state index in [2.05, 4.69) is 40.1 Å². The Morgan fingerprint density at radius 2 is 2.00 bits per heavy atom. The molecule has 0 unspecified atom stereocenters. The first-order chi connectivity index (χ1) is 8.74. The first-order valence-corrected chi connectivity index (χ1v) is 6.16. The molecular weight excluding hydrogens is 224 g/mol. The van der Waals surface area contributed by atoms with Crippen LogP contribution < -0.4 is 10.6 Å². The largest absolute Gasteiger partial charge is 0.396 e. The molecular formula is C14H16N4. The molecule has 0 atom stereocenters. The molecule has 3 rings (SSSR count). The van der Waals surface area contributed by atoms with Crippen molar-refractivity contribution in [2.45, 2.75) is 12.8 Å². The molecule has 0 bridgehead atoms. The molecule has 0 aliphatic carbocycles. The van der Waals surface area contributed by atoms with Crippen LogP contribution in [0.25, 0.3) is 11.4 Å². The Morgan fingerprint density at radius 1 is 1.22 bits per heavy atom. The van der Waals surface area contributed by atoms with E-state index in [0.717, 1.165) is 24.4 Å². The molecule has 0 saturated carbocycles. The van der Waals surface area contributed by atoms with Crippen molar-refractivity contribution in [1.82, 2.24) is 9.97 Å². The number of aromatic nitrogens is 2. The summed E-state index contributed by atoms with van der Waals surface area (Å²) in [5, 5.41) is 0. The number of anilines is 2. The third kappa shape index (κ3) is 1.90. The van der Waals surface area contributed by atoms with Crippen molar-refractivity contribution >= 4 is 11.4 Å². The lowest BCUT2D eigenvalue weighted by atomic mass is 9.99. The molecule has 4 heteroatoms. The van der Waals surface area contributed by atoms with Gasteiger partial charge in [0.15, 0.2) is 5.82 Å². The molecule has 0 amide bonds. The number of hydrogen-bond acceptors (Lipinski definition) is 4. The van der Waals surface area contributed by atoms with Crippen LogP contribution in [0, 0.1) is 0 Å². The fraction of sp³-hybridized carbons (Fsp3) is 0.286. The maximum Gasteiger partial charge on any atom is 0.159 e. The zero-order valence-corrected chi connectivity index (χ0v) is 10.4. The molecule has 2 aromatic rings. The van der Waals surface area contributed by atoms with Crippen LogP contribution in [0.3, 0.4) is 0 Å². The van der Waals surface area contributed by atoms with Crippen LogP contribution in [0.2, 0.25) is 0 Å². The summed E-state index contributed by atoms with van der Waals surface area (Å²) in [6.07, 6.45) is 5.62. The zero-order valence-electron chi connectivity index (χ0n) is 10.4. The number of fused-ring (bicyclic) bond motifs is 1. The van der Waals surface area contributed by atoms with Crippen LogP contribution in [0.15, 0.2) is 30.6 Å². The average Bonchev–Trinajstić information content (AvgIpc) is 2.39. The van der Waals surface area contributed by atoms with Gasteiger partial charge in [-0.25, -0.2) is 9.97 Å². The van der Waals surface area contributed by atoms with E-state index in [4.69, 9.17) is 5.73 Å². The van der Waals surface area contributed by atoms with Crippen LogP contribution in [-0.2, 0) is 6.42 Å². The average molecular weight is 240 g/mol. The van der Waals surface area contributed by atoms with Gasteiger partial charge >= 0.3 is 0 Å². The normalized spacial score (nSPS) is 14.4. The Kier molecular flexibility index (Phi) is 2.63. The summed E-state index contributed by atoms with van der Waals surface area (Å²) in [5.41, 5.74) is 9.95. The SMILES string of the molecule is CN1CCCc2cc(-c3ncc(N)cn3)ccc21. The quantitative estimate of drug-likeness (QED) is 0.829. The van der Waals surface area contributed by atoms with Crippen molar-refractivity contribution < 1.29 is 0 Å². The molecule has 1 aromatic carbocycles. The summed E-state index contributed by atoms with van der Waals surface area (Å²) in [6, 6.07) is 6.42. The second-order valence-electron chi connectivity index (χ2n) is 4.71. The predicted molar refractivity (Wildman–Crippen MR) is 73.5 cm³/mol. The summed E-state index contributed by atoms with van der Waals surface area (Å²) < 4.78 is 0. The van der Waals surface area contributed by atoms with Crippen LogP contribution in [0.1, 0.15) is 12.0 Å². The molecule has 1 aliphatic heterocycles. The van der Waals surface area contributed by atoms with Crippen molar-refractivity contribution in [2.24, 2.45) is 0 Å². The summed E-state index contributed by atoms with van der Waals surface area (Å²) >= 11 is 0. The number of nitrogens with two attached hydrogens (primary N) is 1. The Bertz CT molecular complexity index is 563. The Balaban J connectivity index is 2.01. The van der Waals surface area contributed by atoms with E-state index >= 15 is 0 Å². The zero-order chi connectivity index (χ0) is 12.5. The van der Waals surface area contributed by atoms with Crippen LogP contribution in [0.4, 0.5) is 11.4 Å². The first kappa shape index (κ1) is 11.0. The van der Waals surface area contributed by atoms with Crippen LogP contribution in [0.5, 0.6) is 0 Å². The van der Waals surface area contributed by atoms with Gasteiger partial charge in [-0.3, -0.25) is 0 Å². The van der Waals surface area contributed by atoms with E-state index < -0.39 is 0 Å². The molecule has 0 fully saturated rings. The van der Waals surface area contributed by atoms with Gasteiger partial charge in [0.25, 0.3) is 0 Å². The lowest BCUT2D eigenvalue weighted by Gasteiger charge is -2.27. The van der Waals surface area contributed by atoms with Gasteiger partial charge in [0.1, 0.15) is 0 Å². The van der Waals surface area contributed by atoms with Crippen molar-refractivity contribution in [1.29, 1.82) is 0 Å². The van der Waals surface area contributed by atoms with E-state index in [-0.39, 0.29) is 0 Å². The van der Waals surface area contributed by atoms with Gasteiger partial charge < -0.3 is 10.6 Å². The maximum atomic E-state index is 5.60. The fourth-order valence-electron chi connectivity index (χ4n) is 2.41. The Labute approximate surface area is 106 Å². The molecule has 1 aromatic heterocycles. The highest BCUT2D eigenvalue weighted by molar-refractivity contribution is 5.65. The van der Waals surface area contributed by atoms with Crippen molar-refractivity contribution in [3.05, 3.63) is 36.2 Å². The predicted octanol–water partition coefficient (Wildman–Crippen LogP) is 2.11. The van der Waals surface area contributed by atoms with E-state index in [1.807, 2.05) is 0 Å². The van der Waals surface area contributed by atoms with Gasteiger partial charge in [-0.05, 0) is 36.6 Å². The highest BCUT2D eigenvalue weighted by atomic mass is 15.1. The topological polar surface area (TPSA) is 55.0 Å². The van der Waals surface area contributed by atoms with Crippen LogP contribution >= 0.6 is 0 Å². The Hall–Kier alpha value is -2.10. The minimum atomic E-state index is 0.594. The molecule has 1 aliphatic rings. The van der Waals surface area contributed by atoms with Gasteiger partial charge in [-0.15, -0.1) is 0 Å². The number of hydrogen-bond donors (Lipinski definition) is 1. The first-order valence-electron chi connectivity index (χ1n) is 6.16. The standard InChI is InChI=1S/C14H16N4/c1-18-6-2-3-10-7-11(4-5-13(10)18)14-16-8-12(15)9-17-14/h4-5,7-9H,2-3,6,15H2,1H3. The minimum Gasteiger partial charge on any atom is -0.396 e. The fourth-order valence-corrected chi connectivity index (χ4v) is 2.41. The summed E-state index contributed by atoms with van der Waals surface area (Å²) in [5.74, 6) is 0.736. The summed E-state index contributed by atoms with van der Waals surface area (Å²) in [7, 11) is 2.14. The molecule has 2 N–H and O–H groups in total. The molecule has 0 spiro atoms. The van der Waals surface area contributed by atoms with E-state index in [1.165, 1.54) is 17.7 Å². The highest BCUT2D eigenvalue weighted by Crippen LogP contribution is 2.29. The number of rotatable bonds is 1. The third-order valence-electron chi connectivity index (χ3n) is 3.36. The second kappa shape index (κ2) is 4.29. The van der Waals surface area contributed by atoms with E-state index in [9.17, 15) is 0 Å². The van der Waals surface area contributed by atoms with Crippen molar-refractivity contribution in [2.75, 3.05) is 24.2 Å². The molecule has 0 radical (unpaired) electrons. The molecule has 92 valence electrons. The summed E-state index contributed by atoms with van der Waals surface area (Å²) in [4.78, 5) is 10.8. The lowest BCUT2D eigenvalue weighted by molar-refractivity contribution is 0.744. The smallest absolute Gasteiger partial charge is 0.159 e. The molecule has 0 saturated heterocycles. The van der Waals surface area contributed by atoms with Gasteiger partial charge in [-0.2, -0.15) is 0 Å². The number of aryl methyl sites for hydroxylation is 1. The van der Waals surface area contributed by atoms with Crippen molar-refractivity contribution in [3.8, 4) is 11.4 Å². The van der Waals surface area contributed by atoms with Crippen LogP contribution in [-0.4, -0.2) is 23.6 Å². The number of nitrogen functional groups attached to an aromatic ring is 1. The third-order valence-corrected chi connectivity index (χ3v) is 3.36. The Morgan fingerprint density at radius 3 is 2.78 bits per heavy atom. The monoisotopic (exact) mass is 240 g/mol. The highest BCUT2D eigenvalue weighted by Gasteiger charge is 2.14. The van der Waals surface area contributed by atoms with Crippen molar-refractivity contribution in [3.63, 3.8) is 0 Å². The number of benzene rings is 1. The second-order valence-corrected chi connectivity index (χ2v) is 4.71. The van der Waals surface area contributed by atoms with Gasteiger partial charge in [0.2, 0.25) is 0 Å². The lowest BCUT2D eigenvalue weighted by Crippen LogP contribution is -2.24. The van der Waals surface area contributed by atoms with Gasteiger partial charge in [0, 0.05) is 24.8 Å². The maximum absolute atomic E-state index is 5.60. The summed E-state index contributed by atoms with van der Waals surface area (Å²) in [6.45, 7) is 1.13. The van der Waals surface area contributed by atoms with Gasteiger partial charge in [-0.1, -0.05) is 0 Å². The molecule has 2 heterocycles. The molecule has 18 heavy (non-hydrogen) atoms. The number of nitrogens with zero attached hydrogens (tertiary/aromatic N) is 3. The minimum absolute atomic E-state index is 0.594. The molecule has 4 nitrogen and oxygen atoms in total. The van der Waals surface area contributed by atoms with E-state index in [0.29, 0.717) is 5.69 Å². The van der Waals surface area contributed by atoms with Gasteiger partial charge in [0.05, 0.1) is 18.1 Å².